The Kier molecular flexibility index (Phi) is 5.74. The maximum absolute atomic E-state index is 12.6. The third-order valence-corrected chi connectivity index (χ3v) is 5.91. The van der Waals surface area contributed by atoms with Crippen LogP contribution in [0.15, 0.2) is 78.2 Å². The molecule has 0 atom stereocenters. The zero-order chi connectivity index (χ0) is 21.8. The third-order valence-electron chi connectivity index (χ3n) is 4.23. The van der Waals surface area contributed by atoms with Crippen molar-refractivity contribution in [3.8, 4) is 11.6 Å². The molecule has 0 fully saturated rings. The van der Waals surface area contributed by atoms with Crippen LogP contribution in [-0.2, 0) is 10.0 Å². The summed E-state index contributed by atoms with van der Waals surface area (Å²) in [6, 6.07) is 14.6. The number of hydrogen-bond donors (Lipinski definition) is 2. The van der Waals surface area contributed by atoms with Crippen LogP contribution >= 0.6 is 11.6 Å². The van der Waals surface area contributed by atoms with Gasteiger partial charge >= 0.3 is 0 Å². The van der Waals surface area contributed by atoms with Crippen molar-refractivity contribution in [3.63, 3.8) is 0 Å². The predicted octanol–water partition coefficient (Wildman–Crippen LogP) is 3.87. The minimum absolute atomic E-state index is 0.0348. The molecule has 9 nitrogen and oxygen atoms in total. The van der Waals surface area contributed by atoms with Gasteiger partial charge in [0.15, 0.2) is 5.82 Å². The molecular weight excluding hydrogens is 440 g/mol. The number of nitrogens with zero attached hydrogens (tertiary/aromatic N) is 4. The molecule has 0 aliphatic rings. The fraction of sp³-hybridized carbons (Fsp3) is 0.0500. The summed E-state index contributed by atoms with van der Waals surface area (Å²) < 4.78 is 34.5. The molecule has 2 heterocycles. The van der Waals surface area contributed by atoms with E-state index >= 15 is 0 Å². The van der Waals surface area contributed by atoms with Crippen molar-refractivity contribution in [1.29, 1.82) is 0 Å². The molecule has 0 radical (unpaired) electrons. The fourth-order valence-electron chi connectivity index (χ4n) is 2.74. The molecule has 2 aromatic carbocycles. The SMILES string of the molecule is COc1ccc(S(=O)(=O)Nc2ccc(Nc3cc(-n4cccn4)ncn3)cc2)cc1Cl. The van der Waals surface area contributed by atoms with E-state index < -0.39 is 10.0 Å². The Labute approximate surface area is 183 Å². The number of halogens is 1. The van der Waals surface area contributed by atoms with Gasteiger partial charge in [-0.15, -0.1) is 0 Å². The molecule has 11 heteroatoms. The largest absolute Gasteiger partial charge is 0.495 e. The van der Waals surface area contributed by atoms with Gasteiger partial charge in [-0.1, -0.05) is 11.6 Å². The summed E-state index contributed by atoms with van der Waals surface area (Å²) in [4.78, 5) is 8.40. The molecule has 0 unspecified atom stereocenters. The zero-order valence-electron chi connectivity index (χ0n) is 16.2. The predicted molar refractivity (Wildman–Crippen MR) is 118 cm³/mol. The van der Waals surface area contributed by atoms with Crippen LogP contribution in [0, 0.1) is 0 Å². The van der Waals surface area contributed by atoms with Crippen molar-refractivity contribution in [2.45, 2.75) is 4.90 Å². The highest BCUT2D eigenvalue weighted by Gasteiger charge is 2.16. The third kappa shape index (κ3) is 4.76. The summed E-state index contributed by atoms with van der Waals surface area (Å²) >= 11 is 6.04. The van der Waals surface area contributed by atoms with E-state index in [1.165, 1.54) is 31.6 Å². The van der Waals surface area contributed by atoms with Crippen molar-refractivity contribution in [3.05, 3.63) is 78.3 Å². The lowest BCUT2D eigenvalue weighted by atomic mass is 10.3. The maximum atomic E-state index is 12.6. The molecule has 0 bridgehead atoms. The van der Waals surface area contributed by atoms with Gasteiger partial charge in [-0.25, -0.2) is 23.1 Å². The second-order valence-corrected chi connectivity index (χ2v) is 8.41. The number of ether oxygens (including phenoxy) is 1. The molecule has 0 amide bonds. The monoisotopic (exact) mass is 456 g/mol. The molecule has 4 aromatic rings. The van der Waals surface area contributed by atoms with Crippen LogP contribution in [0.25, 0.3) is 5.82 Å². The quantitative estimate of drug-likeness (QED) is 0.434. The minimum Gasteiger partial charge on any atom is -0.495 e. The van der Waals surface area contributed by atoms with Crippen molar-refractivity contribution in [1.82, 2.24) is 19.7 Å². The molecule has 0 saturated heterocycles. The molecule has 4 rings (SSSR count). The fourth-order valence-corrected chi connectivity index (χ4v) is 4.15. The number of nitrogens with one attached hydrogen (secondary N) is 2. The van der Waals surface area contributed by atoms with Crippen LogP contribution < -0.4 is 14.8 Å². The highest BCUT2D eigenvalue weighted by atomic mass is 35.5. The molecule has 158 valence electrons. The number of hydrogen-bond acceptors (Lipinski definition) is 7. The number of anilines is 3. The van der Waals surface area contributed by atoms with Gasteiger partial charge in [0.1, 0.15) is 17.9 Å². The van der Waals surface area contributed by atoms with Crippen LogP contribution in [0.5, 0.6) is 5.75 Å². The number of rotatable bonds is 7. The van der Waals surface area contributed by atoms with Crippen LogP contribution in [0.3, 0.4) is 0 Å². The van der Waals surface area contributed by atoms with E-state index in [1.54, 1.807) is 53.5 Å². The van der Waals surface area contributed by atoms with E-state index in [1.807, 2.05) is 0 Å². The lowest BCUT2D eigenvalue weighted by Crippen LogP contribution is -2.13. The Hall–Kier alpha value is -3.63. The van der Waals surface area contributed by atoms with E-state index in [-0.39, 0.29) is 9.92 Å². The van der Waals surface area contributed by atoms with E-state index in [2.05, 4.69) is 25.1 Å². The summed E-state index contributed by atoms with van der Waals surface area (Å²) in [5, 5.41) is 7.50. The highest BCUT2D eigenvalue weighted by Crippen LogP contribution is 2.28. The Morgan fingerprint density at radius 2 is 1.81 bits per heavy atom. The van der Waals surface area contributed by atoms with E-state index in [0.717, 1.165) is 5.69 Å². The minimum atomic E-state index is -3.80. The van der Waals surface area contributed by atoms with Crippen molar-refractivity contribution >= 4 is 38.8 Å². The second-order valence-electron chi connectivity index (χ2n) is 6.32. The van der Waals surface area contributed by atoms with Gasteiger partial charge in [-0.3, -0.25) is 4.72 Å². The first-order valence-electron chi connectivity index (χ1n) is 9.00. The lowest BCUT2D eigenvalue weighted by Gasteiger charge is -2.11. The summed E-state index contributed by atoms with van der Waals surface area (Å²) in [7, 11) is -2.34. The summed E-state index contributed by atoms with van der Waals surface area (Å²) in [6.07, 6.45) is 4.87. The van der Waals surface area contributed by atoms with Crippen molar-refractivity contribution in [2.75, 3.05) is 17.1 Å². The van der Waals surface area contributed by atoms with Gasteiger partial charge in [-0.2, -0.15) is 5.10 Å². The van der Waals surface area contributed by atoms with Gasteiger partial charge in [-0.05, 0) is 48.5 Å². The van der Waals surface area contributed by atoms with Gasteiger partial charge < -0.3 is 10.1 Å². The maximum Gasteiger partial charge on any atom is 0.261 e. The lowest BCUT2D eigenvalue weighted by molar-refractivity contribution is 0.414. The molecular formula is C20H17ClN6O3S. The van der Waals surface area contributed by atoms with Gasteiger partial charge in [0.05, 0.1) is 17.0 Å². The molecule has 31 heavy (non-hydrogen) atoms. The van der Waals surface area contributed by atoms with Crippen LogP contribution in [0.1, 0.15) is 0 Å². The number of aromatic nitrogens is 4. The van der Waals surface area contributed by atoms with E-state index in [9.17, 15) is 8.42 Å². The number of methoxy groups -OCH3 is 1. The first-order valence-corrected chi connectivity index (χ1v) is 10.9. The first kappa shape index (κ1) is 20.6. The van der Waals surface area contributed by atoms with E-state index in [4.69, 9.17) is 16.3 Å². The van der Waals surface area contributed by atoms with Crippen LogP contribution in [-0.4, -0.2) is 35.3 Å². The number of sulfonamides is 1. The molecule has 0 aliphatic heterocycles. The molecule has 2 aromatic heterocycles. The highest BCUT2D eigenvalue weighted by molar-refractivity contribution is 7.92. The summed E-state index contributed by atoms with van der Waals surface area (Å²) in [6.45, 7) is 0. The Bertz CT molecular complexity index is 1300. The van der Waals surface area contributed by atoms with Gasteiger partial charge in [0.2, 0.25) is 0 Å². The molecule has 2 N–H and O–H groups in total. The van der Waals surface area contributed by atoms with Crippen molar-refractivity contribution in [2.24, 2.45) is 0 Å². The number of benzene rings is 2. The average Bonchev–Trinajstić information content (AvgIpc) is 3.30. The smallest absolute Gasteiger partial charge is 0.261 e. The molecule has 0 spiro atoms. The van der Waals surface area contributed by atoms with E-state index in [0.29, 0.717) is 23.1 Å². The topological polar surface area (TPSA) is 111 Å². The molecule has 0 saturated carbocycles. The standard InChI is InChI=1S/C20H17ClN6O3S/c1-30-18-8-7-16(11-17(18)21)31(28,29)26-15-5-3-14(4-6-15)25-19-12-20(23-13-22-19)27-10-2-9-24-27/h2-13,26H,1H3,(H,22,23,25). The second kappa shape index (κ2) is 8.62. The Morgan fingerprint density at radius 1 is 1.03 bits per heavy atom. The van der Waals surface area contributed by atoms with Crippen LogP contribution in [0.4, 0.5) is 17.2 Å². The summed E-state index contributed by atoms with van der Waals surface area (Å²) in [5.74, 6) is 1.59. The van der Waals surface area contributed by atoms with Crippen molar-refractivity contribution < 1.29 is 13.2 Å². The van der Waals surface area contributed by atoms with Crippen LogP contribution in [0.2, 0.25) is 5.02 Å². The Morgan fingerprint density at radius 3 is 2.48 bits per heavy atom. The zero-order valence-corrected chi connectivity index (χ0v) is 17.8. The Balaban J connectivity index is 1.47. The average molecular weight is 457 g/mol. The van der Waals surface area contributed by atoms with Gasteiger partial charge in [0, 0.05) is 29.8 Å². The first-order chi connectivity index (χ1) is 14.9. The summed E-state index contributed by atoms with van der Waals surface area (Å²) in [5.41, 5.74) is 1.12. The molecule has 0 aliphatic carbocycles. The normalized spacial score (nSPS) is 11.2. The van der Waals surface area contributed by atoms with Gasteiger partial charge in [0.25, 0.3) is 10.0 Å².